The Labute approximate surface area is 252 Å². The van der Waals surface area contributed by atoms with Gasteiger partial charge in [-0.25, -0.2) is 0 Å². The fraction of sp³-hybridized carbons (Fsp3) is 0.871. The summed E-state index contributed by atoms with van der Waals surface area (Å²) >= 11 is 0. The van der Waals surface area contributed by atoms with Gasteiger partial charge in [0.1, 0.15) is 12.1 Å². The van der Waals surface area contributed by atoms with Gasteiger partial charge in [0.05, 0.1) is 12.4 Å². The van der Waals surface area contributed by atoms with Crippen LogP contribution in [0.4, 0.5) is 0 Å². The molecular weight excluding hydrogens is 535 g/mol. The number of nitrogens with zero attached hydrogens (tertiary/aromatic N) is 1. The number of carbonyl (C=O) groups excluding carboxylic acids is 4. The van der Waals surface area contributed by atoms with Crippen LogP contribution in [0.3, 0.4) is 0 Å². The lowest BCUT2D eigenvalue weighted by Crippen LogP contribution is -2.57. The van der Waals surface area contributed by atoms with E-state index < -0.39 is 37.0 Å². The molecule has 1 aliphatic carbocycles. The summed E-state index contributed by atoms with van der Waals surface area (Å²) in [6.45, 7) is 4.53. The van der Waals surface area contributed by atoms with Crippen LogP contribution in [0.15, 0.2) is 0 Å². The molecule has 3 fully saturated rings. The van der Waals surface area contributed by atoms with E-state index in [1.807, 2.05) is 18.7 Å². The van der Waals surface area contributed by atoms with Crippen molar-refractivity contribution in [1.82, 2.24) is 20.9 Å². The van der Waals surface area contributed by atoms with Crippen molar-refractivity contribution in [3.05, 3.63) is 0 Å². The second-order valence-electron chi connectivity index (χ2n) is 13.3. The lowest BCUT2D eigenvalue weighted by atomic mass is 9.75. The van der Waals surface area contributed by atoms with Crippen LogP contribution in [0.2, 0.25) is 0 Å². The second kappa shape index (κ2) is 17.9. The molecule has 10 nitrogen and oxygen atoms in total. The van der Waals surface area contributed by atoms with Crippen LogP contribution in [-0.2, 0) is 19.2 Å². The van der Waals surface area contributed by atoms with Crippen molar-refractivity contribution in [2.75, 3.05) is 6.54 Å². The van der Waals surface area contributed by atoms with Gasteiger partial charge >= 0.3 is 7.12 Å². The molecule has 0 bridgehead atoms. The third kappa shape index (κ3) is 11.2. The predicted octanol–water partition coefficient (Wildman–Crippen LogP) is 2.98. The highest BCUT2D eigenvalue weighted by Crippen LogP contribution is 2.35. The predicted molar refractivity (Wildman–Crippen MR) is 163 cm³/mol. The summed E-state index contributed by atoms with van der Waals surface area (Å²) in [5, 5.41) is 28.1. The SMILES string of the molecule is CC(C)C[C@H](NC(=O)[C@@H]1CCCCCCCCCCC(=O)N[C@@H](CC(=O)N2CCC[C@@H]2C2CCCC2)C(=O)N1)B(O)O. The minimum Gasteiger partial charge on any atom is -0.426 e. The van der Waals surface area contributed by atoms with Crippen molar-refractivity contribution in [1.29, 1.82) is 0 Å². The Morgan fingerprint density at radius 3 is 2.14 bits per heavy atom. The molecule has 0 aromatic heterocycles. The van der Waals surface area contributed by atoms with Crippen LogP contribution in [0.1, 0.15) is 129 Å². The van der Waals surface area contributed by atoms with Crippen LogP contribution in [0.5, 0.6) is 0 Å². The molecule has 2 heterocycles. The van der Waals surface area contributed by atoms with Gasteiger partial charge in [0.25, 0.3) is 0 Å². The largest absolute Gasteiger partial charge is 0.475 e. The van der Waals surface area contributed by atoms with Gasteiger partial charge in [0, 0.05) is 19.0 Å². The van der Waals surface area contributed by atoms with Crippen molar-refractivity contribution in [2.45, 2.75) is 153 Å². The van der Waals surface area contributed by atoms with E-state index in [1.165, 1.54) is 12.8 Å². The highest BCUT2D eigenvalue weighted by molar-refractivity contribution is 6.43. The van der Waals surface area contributed by atoms with Crippen LogP contribution in [0.25, 0.3) is 0 Å². The van der Waals surface area contributed by atoms with Crippen molar-refractivity contribution in [3.63, 3.8) is 0 Å². The first kappa shape index (κ1) is 34.4. The van der Waals surface area contributed by atoms with Gasteiger partial charge < -0.3 is 30.9 Å². The standard InChI is InChI=1S/C31H55BN4O6/c1-22(2)20-27(32(41)42)35-30(39)24-16-9-7-5-3-4-6-8-10-18-28(37)33-25(31(40)34-24)21-29(38)36-19-13-17-26(36)23-14-11-12-15-23/h22-27,41-42H,3-21H2,1-2H3,(H,33,37)(H,34,40)(H,35,39)/t24-,25-,26+,27-/m0/s1. The van der Waals surface area contributed by atoms with Crippen LogP contribution < -0.4 is 16.0 Å². The Morgan fingerprint density at radius 2 is 1.50 bits per heavy atom. The molecule has 0 aromatic carbocycles. The molecule has 4 atom stereocenters. The minimum absolute atomic E-state index is 0.118. The Morgan fingerprint density at radius 1 is 0.881 bits per heavy atom. The maximum atomic E-state index is 13.7. The lowest BCUT2D eigenvalue weighted by Gasteiger charge is -2.31. The van der Waals surface area contributed by atoms with E-state index in [4.69, 9.17) is 0 Å². The highest BCUT2D eigenvalue weighted by atomic mass is 16.4. The molecule has 2 aliphatic heterocycles. The maximum Gasteiger partial charge on any atom is 0.475 e. The molecule has 3 aliphatic rings. The van der Waals surface area contributed by atoms with Gasteiger partial charge in [-0.3, -0.25) is 19.2 Å². The van der Waals surface area contributed by atoms with Crippen LogP contribution in [0, 0.1) is 11.8 Å². The van der Waals surface area contributed by atoms with E-state index in [-0.39, 0.29) is 30.2 Å². The number of hydrogen-bond acceptors (Lipinski definition) is 6. The summed E-state index contributed by atoms with van der Waals surface area (Å²) in [7, 11) is -1.73. The Hall–Kier alpha value is -2.14. The monoisotopic (exact) mass is 590 g/mol. The average molecular weight is 591 g/mol. The minimum atomic E-state index is -1.73. The van der Waals surface area contributed by atoms with Crippen molar-refractivity contribution < 1.29 is 29.2 Å². The van der Waals surface area contributed by atoms with Gasteiger partial charge in [-0.05, 0) is 56.8 Å². The lowest BCUT2D eigenvalue weighted by molar-refractivity contribution is -0.138. The van der Waals surface area contributed by atoms with Gasteiger partial charge in [-0.15, -0.1) is 0 Å². The van der Waals surface area contributed by atoms with E-state index in [2.05, 4.69) is 16.0 Å². The first-order valence-corrected chi connectivity index (χ1v) is 16.7. The summed E-state index contributed by atoms with van der Waals surface area (Å²) in [6.07, 6.45) is 15.1. The quantitative estimate of drug-likeness (QED) is 0.275. The number of likely N-dealkylation sites (tertiary alicyclic amines) is 1. The normalized spacial score (nSPS) is 26.5. The van der Waals surface area contributed by atoms with Crippen molar-refractivity contribution in [3.8, 4) is 0 Å². The number of rotatable bonds is 8. The van der Waals surface area contributed by atoms with Gasteiger partial charge in [-0.2, -0.15) is 0 Å². The zero-order valence-corrected chi connectivity index (χ0v) is 26.0. The first-order valence-electron chi connectivity index (χ1n) is 16.7. The fourth-order valence-electron chi connectivity index (χ4n) is 6.98. The number of hydrogen-bond donors (Lipinski definition) is 5. The molecule has 1 saturated carbocycles. The van der Waals surface area contributed by atoms with E-state index in [0.717, 1.165) is 77.0 Å². The molecule has 0 spiro atoms. The highest BCUT2D eigenvalue weighted by Gasteiger charge is 2.38. The Balaban J connectivity index is 1.75. The second-order valence-corrected chi connectivity index (χ2v) is 13.3. The molecule has 42 heavy (non-hydrogen) atoms. The van der Waals surface area contributed by atoms with Crippen molar-refractivity contribution >= 4 is 30.7 Å². The zero-order chi connectivity index (χ0) is 30.5. The average Bonchev–Trinajstić information content (AvgIpc) is 3.64. The molecule has 0 aromatic rings. The third-order valence-electron chi connectivity index (χ3n) is 9.29. The van der Waals surface area contributed by atoms with Gasteiger partial charge in [-0.1, -0.05) is 71.6 Å². The first-order chi connectivity index (χ1) is 20.2. The molecule has 2 saturated heterocycles. The molecular formula is C31H55BN4O6. The van der Waals surface area contributed by atoms with Gasteiger partial charge in [0.2, 0.25) is 23.6 Å². The number of nitrogens with one attached hydrogen (secondary N) is 3. The molecule has 4 amide bonds. The summed E-state index contributed by atoms with van der Waals surface area (Å²) in [5.41, 5.74) is 0. The summed E-state index contributed by atoms with van der Waals surface area (Å²) in [6, 6.07) is -1.79. The van der Waals surface area contributed by atoms with E-state index in [9.17, 15) is 29.2 Å². The van der Waals surface area contributed by atoms with Gasteiger partial charge in [0.15, 0.2) is 0 Å². The van der Waals surface area contributed by atoms with E-state index in [1.54, 1.807) is 0 Å². The summed E-state index contributed by atoms with van der Waals surface area (Å²) < 4.78 is 0. The zero-order valence-electron chi connectivity index (χ0n) is 26.0. The Bertz CT molecular complexity index is 881. The Kier molecular flexibility index (Phi) is 14.6. The molecule has 0 unspecified atom stereocenters. The van der Waals surface area contributed by atoms with Crippen molar-refractivity contribution in [2.24, 2.45) is 11.8 Å². The third-order valence-corrected chi connectivity index (χ3v) is 9.29. The molecule has 238 valence electrons. The smallest absolute Gasteiger partial charge is 0.426 e. The van der Waals surface area contributed by atoms with Crippen LogP contribution in [-0.4, -0.2) is 76.3 Å². The number of carbonyl (C=O) groups is 4. The molecule has 11 heteroatoms. The maximum absolute atomic E-state index is 13.7. The summed E-state index contributed by atoms with van der Waals surface area (Å²) in [4.78, 5) is 55.5. The molecule has 3 rings (SSSR count). The number of amides is 4. The van der Waals surface area contributed by atoms with Crippen LogP contribution >= 0.6 is 0 Å². The van der Waals surface area contributed by atoms with E-state index >= 15 is 0 Å². The molecule has 5 N–H and O–H groups in total. The summed E-state index contributed by atoms with van der Waals surface area (Å²) in [5.74, 6) is -1.66. The fourth-order valence-corrected chi connectivity index (χ4v) is 6.98. The van der Waals surface area contributed by atoms with E-state index in [0.29, 0.717) is 31.7 Å². The topological polar surface area (TPSA) is 148 Å². The molecule has 0 radical (unpaired) electrons.